The van der Waals surface area contributed by atoms with Crippen LogP contribution in [0.1, 0.15) is 38.8 Å². The molecule has 9 nitrogen and oxygen atoms in total. The molecule has 0 unspecified atom stereocenters. The number of amides is 2. The number of nitrogens with one attached hydrogen (secondary N) is 1. The number of urea groups is 1. The van der Waals surface area contributed by atoms with Crippen molar-refractivity contribution in [3.63, 3.8) is 0 Å². The molecule has 2 aromatic carbocycles. The number of carbonyl (C=O) groups excluding carboxylic acids is 2. The molecule has 0 aromatic heterocycles. The normalized spacial score (nSPS) is 12.2. The molecule has 1 atom stereocenters. The molecule has 0 aliphatic rings. The third kappa shape index (κ3) is 10.6. The quantitative estimate of drug-likeness (QED) is 0.246. The number of rotatable bonds is 15. The van der Waals surface area contributed by atoms with Gasteiger partial charge in [0, 0.05) is 13.0 Å². The molecule has 0 fully saturated rings. The van der Waals surface area contributed by atoms with Crippen LogP contribution < -0.4 is 10.1 Å². The fraction of sp³-hybridized carbons (Fsp3) is 0.481. The third-order valence-electron chi connectivity index (χ3n) is 5.27. The first-order valence-electron chi connectivity index (χ1n) is 12.5. The van der Waals surface area contributed by atoms with E-state index in [-0.39, 0.29) is 38.4 Å². The molecule has 37 heavy (non-hydrogen) atoms. The van der Waals surface area contributed by atoms with Crippen LogP contribution in [0.15, 0.2) is 54.6 Å². The predicted molar refractivity (Wildman–Crippen MR) is 143 cm³/mol. The minimum absolute atomic E-state index is 0.0764. The Morgan fingerprint density at radius 3 is 2.11 bits per heavy atom. The summed E-state index contributed by atoms with van der Waals surface area (Å²) < 4.78 is 34.7. The topological polar surface area (TPSA) is 103 Å². The minimum atomic E-state index is -3.55. The van der Waals surface area contributed by atoms with Crippen molar-refractivity contribution >= 4 is 19.6 Å². The van der Waals surface area contributed by atoms with Gasteiger partial charge in [0.1, 0.15) is 24.7 Å². The first-order chi connectivity index (χ1) is 17.7. The second kappa shape index (κ2) is 15.4. The minimum Gasteiger partial charge on any atom is -0.497 e. The van der Waals surface area contributed by atoms with Crippen LogP contribution in [0.3, 0.4) is 0 Å². The van der Waals surface area contributed by atoms with E-state index in [1.165, 1.54) is 4.90 Å². The van der Waals surface area contributed by atoms with Crippen molar-refractivity contribution in [3.8, 4) is 5.75 Å². The van der Waals surface area contributed by atoms with E-state index in [0.29, 0.717) is 12.3 Å². The molecule has 2 rings (SSSR count). The number of hydrogen-bond acceptors (Lipinski definition) is 7. The molecule has 10 heteroatoms. The molecule has 0 aliphatic heterocycles. The molecular weight excluding hydrogens is 495 g/mol. The molecule has 0 bridgehead atoms. The van der Waals surface area contributed by atoms with Crippen molar-refractivity contribution < 1.29 is 32.7 Å². The maximum Gasteiger partial charge on any atom is 0.349 e. The lowest BCUT2D eigenvalue weighted by Gasteiger charge is -2.30. The molecular formula is C27H39N2O7P. The third-order valence-corrected chi connectivity index (χ3v) is 7.26. The van der Waals surface area contributed by atoms with Gasteiger partial charge in [-0.05, 0) is 43.0 Å². The monoisotopic (exact) mass is 534 g/mol. The molecule has 2 aromatic rings. The zero-order valence-electron chi connectivity index (χ0n) is 22.3. The van der Waals surface area contributed by atoms with E-state index in [4.69, 9.17) is 18.5 Å². The Balaban J connectivity index is 2.24. The van der Waals surface area contributed by atoms with Crippen LogP contribution in [-0.4, -0.2) is 56.1 Å². The van der Waals surface area contributed by atoms with Gasteiger partial charge in [-0.1, -0.05) is 56.3 Å². The molecule has 0 saturated heterocycles. The molecule has 1 N–H and O–H groups in total. The highest BCUT2D eigenvalue weighted by Crippen LogP contribution is 2.48. The summed E-state index contributed by atoms with van der Waals surface area (Å²) in [5.41, 5.74) is 1.65. The maximum atomic E-state index is 13.4. The molecule has 204 valence electrons. The van der Waals surface area contributed by atoms with Crippen molar-refractivity contribution in [2.24, 2.45) is 5.92 Å². The molecule has 2 amide bonds. The van der Waals surface area contributed by atoms with Gasteiger partial charge in [-0.3, -0.25) is 4.57 Å². The number of benzene rings is 2. The van der Waals surface area contributed by atoms with Crippen LogP contribution in [0.5, 0.6) is 5.75 Å². The van der Waals surface area contributed by atoms with Gasteiger partial charge in [-0.15, -0.1) is 0 Å². The summed E-state index contributed by atoms with van der Waals surface area (Å²) >= 11 is 0. The maximum absolute atomic E-state index is 13.4. The number of carbonyl (C=O) groups is 2. The number of methoxy groups -OCH3 is 1. The number of esters is 1. The molecule has 0 heterocycles. The van der Waals surface area contributed by atoms with Gasteiger partial charge in [0.25, 0.3) is 0 Å². The van der Waals surface area contributed by atoms with Gasteiger partial charge < -0.3 is 28.7 Å². The summed E-state index contributed by atoms with van der Waals surface area (Å²) in [5, 5.41) is 2.79. The first kappa shape index (κ1) is 30.4. The van der Waals surface area contributed by atoms with Crippen molar-refractivity contribution in [2.45, 2.75) is 46.8 Å². The van der Waals surface area contributed by atoms with Crippen molar-refractivity contribution in [2.75, 3.05) is 33.2 Å². The standard InChI is InChI=1S/C27H39N2O7P/c1-6-35-37(32,36-7-2)20-29(18-21(3)4)27(31)28-25(17-22-13-15-24(33-5)16-14-22)26(30)34-19-23-11-9-8-10-12-23/h8-16,21,25H,6-7,17-20H2,1-5H3,(H,28,31)/t25-/m1/s1. The number of nitrogens with zero attached hydrogens (tertiary/aromatic N) is 1. The highest BCUT2D eigenvalue weighted by molar-refractivity contribution is 7.53. The summed E-state index contributed by atoms with van der Waals surface area (Å²) in [6.45, 7) is 8.04. The highest BCUT2D eigenvalue weighted by Gasteiger charge is 2.32. The summed E-state index contributed by atoms with van der Waals surface area (Å²) in [4.78, 5) is 27.9. The van der Waals surface area contributed by atoms with Crippen molar-refractivity contribution in [3.05, 3.63) is 65.7 Å². The van der Waals surface area contributed by atoms with E-state index in [1.807, 2.05) is 56.3 Å². The van der Waals surface area contributed by atoms with E-state index in [1.54, 1.807) is 33.1 Å². The number of ether oxygens (including phenoxy) is 2. The van der Waals surface area contributed by atoms with Crippen LogP contribution >= 0.6 is 7.60 Å². The van der Waals surface area contributed by atoms with E-state index in [0.717, 1.165) is 11.1 Å². The Bertz CT molecular complexity index is 1010. The van der Waals surface area contributed by atoms with Gasteiger partial charge in [0.05, 0.1) is 20.3 Å². The van der Waals surface area contributed by atoms with Gasteiger partial charge in [-0.25, -0.2) is 9.59 Å². The average Bonchev–Trinajstić information content (AvgIpc) is 2.87. The van der Waals surface area contributed by atoms with Crippen LogP contribution in [-0.2, 0) is 36.2 Å². The van der Waals surface area contributed by atoms with E-state index < -0.39 is 25.6 Å². The molecule has 0 saturated carbocycles. The largest absolute Gasteiger partial charge is 0.497 e. The van der Waals surface area contributed by atoms with E-state index in [9.17, 15) is 14.2 Å². The summed E-state index contributed by atoms with van der Waals surface area (Å²) in [6.07, 6.45) is -0.0273. The van der Waals surface area contributed by atoms with Gasteiger partial charge in [-0.2, -0.15) is 0 Å². The Labute approximate surface area is 220 Å². The zero-order chi connectivity index (χ0) is 27.3. The van der Waals surface area contributed by atoms with Crippen LogP contribution in [0.25, 0.3) is 0 Å². The summed E-state index contributed by atoms with van der Waals surface area (Å²) in [6, 6.07) is 15.0. The predicted octanol–water partition coefficient (Wildman–Crippen LogP) is 5.24. The zero-order valence-corrected chi connectivity index (χ0v) is 23.2. The molecule has 0 spiro atoms. The molecule has 0 radical (unpaired) electrons. The Morgan fingerprint density at radius 2 is 1.57 bits per heavy atom. The summed E-state index contributed by atoms with van der Waals surface area (Å²) in [5.74, 6) is 0.185. The van der Waals surface area contributed by atoms with Gasteiger partial charge >= 0.3 is 19.6 Å². The Morgan fingerprint density at radius 1 is 0.946 bits per heavy atom. The smallest absolute Gasteiger partial charge is 0.349 e. The lowest BCUT2D eigenvalue weighted by Crippen LogP contribution is -2.50. The SMILES string of the molecule is CCOP(=O)(CN(CC(C)C)C(=O)N[C@H](Cc1ccc(OC)cc1)C(=O)OCc1ccccc1)OCC. The first-order valence-corrected chi connectivity index (χ1v) is 14.2. The lowest BCUT2D eigenvalue weighted by molar-refractivity contribution is -0.147. The molecule has 0 aliphatic carbocycles. The van der Waals surface area contributed by atoms with Gasteiger partial charge in [0.2, 0.25) is 0 Å². The lowest BCUT2D eigenvalue weighted by atomic mass is 10.1. The van der Waals surface area contributed by atoms with Crippen LogP contribution in [0.4, 0.5) is 4.79 Å². The van der Waals surface area contributed by atoms with E-state index in [2.05, 4.69) is 5.32 Å². The van der Waals surface area contributed by atoms with Crippen LogP contribution in [0, 0.1) is 5.92 Å². The fourth-order valence-electron chi connectivity index (χ4n) is 3.63. The summed E-state index contributed by atoms with van der Waals surface area (Å²) in [7, 11) is -1.97. The fourth-order valence-corrected chi connectivity index (χ4v) is 5.31. The Kier molecular flexibility index (Phi) is 12.6. The van der Waals surface area contributed by atoms with E-state index >= 15 is 0 Å². The van der Waals surface area contributed by atoms with Crippen molar-refractivity contribution in [1.82, 2.24) is 10.2 Å². The second-order valence-corrected chi connectivity index (χ2v) is 10.9. The Hall–Kier alpha value is -2.87. The van der Waals surface area contributed by atoms with Gasteiger partial charge in [0.15, 0.2) is 0 Å². The number of hydrogen-bond donors (Lipinski definition) is 1. The average molecular weight is 535 g/mol. The van der Waals surface area contributed by atoms with Crippen LogP contribution in [0.2, 0.25) is 0 Å². The second-order valence-electron chi connectivity index (χ2n) is 8.85. The highest BCUT2D eigenvalue weighted by atomic mass is 31.2. The van der Waals surface area contributed by atoms with Crippen molar-refractivity contribution in [1.29, 1.82) is 0 Å².